The van der Waals surface area contributed by atoms with E-state index in [2.05, 4.69) is 12.2 Å². The standard InChI is InChI=1S/C21H26N2O4/c1-2-14-27-19-10-8-18(9-11-19)16-23(15-17-6-4-3-5-7-17)21(26)22-13-12-20(24)25/h3-11H,2,12-16H2,1H3,(H,22,26)(H,24,25). The fourth-order valence-electron chi connectivity index (χ4n) is 2.52. The first-order chi connectivity index (χ1) is 13.1. The number of carbonyl (C=O) groups excluding carboxylic acids is 1. The van der Waals surface area contributed by atoms with E-state index in [1.54, 1.807) is 4.90 Å². The van der Waals surface area contributed by atoms with Crippen molar-refractivity contribution in [3.8, 4) is 5.75 Å². The number of carboxylic acids is 1. The summed E-state index contributed by atoms with van der Waals surface area (Å²) in [4.78, 5) is 24.9. The molecule has 2 rings (SSSR count). The van der Waals surface area contributed by atoms with Gasteiger partial charge in [0.05, 0.1) is 13.0 Å². The van der Waals surface area contributed by atoms with Crippen molar-refractivity contribution in [1.29, 1.82) is 0 Å². The number of benzene rings is 2. The van der Waals surface area contributed by atoms with Crippen LogP contribution in [-0.4, -0.2) is 35.2 Å². The number of ether oxygens (including phenoxy) is 1. The summed E-state index contributed by atoms with van der Waals surface area (Å²) in [6.45, 7) is 3.68. The monoisotopic (exact) mass is 370 g/mol. The van der Waals surface area contributed by atoms with Gasteiger partial charge in [-0.25, -0.2) is 4.79 Å². The molecule has 0 bridgehead atoms. The molecule has 0 saturated carbocycles. The van der Waals surface area contributed by atoms with E-state index in [0.29, 0.717) is 19.7 Å². The molecular formula is C21H26N2O4. The van der Waals surface area contributed by atoms with Crippen molar-refractivity contribution in [3.05, 3.63) is 65.7 Å². The van der Waals surface area contributed by atoms with Crippen LogP contribution in [0.1, 0.15) is 30.9 Å². The molecule has 0 heterocycles. The Morgan fingerprint density at radius 1 is 1.00 bits per heavy atom. The highest BCUT2D eigenvalue weighted by atomic mass is 16.5. The van der Waals surface area contributed by atoms with E-state index in [0.717, 1.165) is 23.3 Å². The van der Waals surface area contributed by atoms with E-state index >= 15 is 0 Å². The highest BCUT2D eigenvalue weighted by Gasteiger charge is 2.15. The molecule has 0 aromatic heterocycles. The average molecular weight is 370 g/mol. The zero-order chi connectivity index (χ0) is 19.5. The number of nitrogens with zero attached hydrogens (tertiary/aromatic N) is 1. The Balaban J connectivity index is 2.04. The van der Waals surface area contributed by atoms with E-state index in [9.17, 15) is 9.59 Å². The molecule has 2 N–H and O–H groups in total. The molecule has 2 amide bonds. The lowest BCUT2D eigenvalue weighted by molar-refractivity contribution is -0.136. The van der Waals surface area contributed by atoms with Crippen molar-refractivity contribution in [2.24, 2.45) is 0 Å². The lowest BCUT2D eigenvalue weighted by Gasteiger charge is -2.23. The van der Waals surface area contributed by atoms with Crippen LogP contribution in [0.2, 0.25) is 0 Å². The second-order valence-corrected chi connectivity index (χ2v) is 6.21. The number of nitrogens with one attached hydrogen (secondary N) is 1. The summed E-state index contributed by atoms with van der Waals surface area (Å²) >= 11 is 0. The number of amides is 2. The molecule has 0 saturated heterocycles. The predicted octanol–water partition coefficient (Wildman–Crippen LogP) is 3.66. The Bertz CT molecular complexity index is 717. The van der Waals surface area contributed by atoms with E-state index in [-0.39, 0.29) is 19.0 Å². The number of aliphatic carboxylic acids is 1. The molecule has 2 aromatic rings. The molecular weight excluding hydrogens is 344 g/mol. The predicted molar refractivity (Wildman–Crippen MR) is 104 cm³/mol. The van der Waals surface area contributed by atoms with Crippen LogP contribution in [0.5, 0.6) is 5.75 Å². The lowest BCUT2D eigenvalue weighted by atomic mass is 10.1. The van der Waals surface area contributed by atoms with Gasteiger partial charge in [0, 0.05) is 19.6 Å². The Morgan fingerprint density at radius 3 is 2.22 bits per heavy atom. The highest BCUT2D eigenvalue weighted by Crippen LogP contribution is 2.15. The molecule has 6 heteroatoms. The van der Waals surface area contributed by atoms with Crippen molar-refractivity contribution in [1.82, 2.24) is 10.2 Å². The Labute approximate surface area is 159 Å². The second kappa shape index (κ2) is 10.9. The highest BCUT2D eigenvalue weighted by molar-refractivity contribution is 5.75. The quantitative estimate of drug-likeness (QED) is 0.669. The Hall–Kier alpha value is -3.02. The van der Waals surface area contributed by atoms with Crippen LogP contribution in [-0.2, 0) is 17.9 Å². The third-order valence-electron chi connectivity index (χ3n) is 3.89. The number of carboxylic acid groups (broad SMARTS) is 1. The third-order valence-corrected chi connectivity index (χ3v) is 3.89. The minimum absolute atomic E-state index is 0.100. The lowest BCUT2D eigenvalue weighted by Crippen LogP contribution is -2.39. The summed E-state index contributed by atoms with van der Waals surface area (Å²) in [6.07, 6.45) is 0.845. The maximum absolute atomic E-state index is 12.5. The fraction of sp³-hybridized carbons (Fsp3) is 0.333. The van der Waals surface area contributed by atoms with E-state index in [4.69, 9.17) is 9.84 Å². The van der Waals surface area contributed by atoms with Crippen LogP contribution in [0.15, 0.2) is 54.6 Å². The van der Waals surface area contributed by atoms with Crippen LogP contribution >= 0.6 is 0 Å². The van der Waals surface area contributed by atoms with Gasteiger partial charge in [-0.3, -0.25) is 4.79 Å². The minimum Gasteiger partial charge on any atom is -0.494 e. The molecule has 0 atom stereocenters. The van der Waals surface area contributed by atoms with Gasteiger partial charge in [-0.05, 0) is 29.7 Å². The fourth-order valence-corrected chi connectivity index (χ4v) is 2.52. The maximum Gasteiger partial charge on any atom is 0.318 e. The van der Waals surface area contributed by atoms with Crippen LogP contribution in [0, 0.1) is 0 Å². The third kappa shape index (κ3) is 7.40. The largest absolute Gasteiger partial charge is 0.494 e. The molecule has 0 aliphatic carbocycles. The normalized spacial score (nSPS) is 10.3. The van der Waals surface area contributed by atoms with Crippen LogP contribution < -0.4 is 10.1 Å². The number of hydrogen-bond acceptors (Lipinski definition) is 3. The molecule has 6 nitrogen and oxygen atoms in total. The topological polar surface area (TPSA) is 78.9 Å². The maximum atomic E-state index is 12.5. The number of rotatable bonds is 10. The van der Waals surface area contributed by atoms with E-state index < -0.39 is 5.97 Å². The number of urea groups is 1. The first-order valence-corrected chi connectivity index (χ1v) is 9.08. The molecule has 2 aromatic carbocycles. The van der Waals surface area contributed by atoms with E-state index in [1.165, 1.54) is 0 Å². The number of hydrogen-bond donors (Lipinski definition) is 2. The molecule has 0 aliphatic rings. The minimum atomic E-state index is -0.937. The van der Waals surface area contributed by atoms with Gasteiger partial charge in [0.1, 0.15) is 5.75 Å². The Morgan fingerprint density at radius 2 is 1.63 bits per heavy atom. The summed E-state index contributed by atoms with van der Waals surface area (Å²) in [7, 11) is 0. The van der Waals surface area contributed by atoms with Gasteiger partial charge >= 0.3 is 12.0 Å². The average Bonchev–Trinajstić information content (AvgIpc) is 2.67. The molecule has 144 valence electrons. The molecule has 0 radical (unpaired) electrons. The zero-order valence-electron chi connectivity index (χ0n) is 15.6. The first kappa shape index (κ1) is 20.3. The van der Waals surface area contributed by atoms with Crippen LogP contribution in [0.25, 0.3) is 0 Å². The summed E-state index contributed by atoms with van der Waals surface area (Å²) in [5, 5.41) is 11.4. The van der Waals surface area contributed by atoms with Crippen molar-refractivity contribution < 1.29 is 19.4 Å². The van der Waals surface area contributed by atoms with Gasteiger partial charge in [0.15, 0.2) is 0 Å². The first-order valence-electron chi connectivity index (χ1n) is 9.08. The second-order valence-electron chi connectivity index (χ2n) is 6.21. The SMILES string of the molecule is CCCOc1ccc(CN(Cc2ccccc2)C(=O)NCCC(=O)O)cc1. The summed E-state index contributed by atoms with van der Waals surface area (Å²) in [6, 6.07) is 17.1. The molecule has 27 heavy (non-hydrogen) atoms. The Kier molecular flexibility index (Phi) is 8.16. The molecule has 0 unspecified atom stereocenters. The van der Waals surface area contributed by atoms with Gasteiger partial charge in [0.2, 0.25) is 0 Å². The zero-order valence-corrected chi connectivity index (χ0v) is 15.6. The van der Waals surface area contributed by atoms with Crippen LogP contribution in [0.4, 0.5) is 4.79 Å². The molecule has 0 fully saturated rings. The molecule has 0 spiro atoms. The van der Waals surface area contributed by atoms with Gasteiger partial charge in [-0.2, -0.15) is 0 Å². The summed E-state index contributed by atoms with van der Waals surface area (Å²) < 4.78 is 5.59. The smallest absolute Gasteiger partial charge is 0.318 e. The van der Waals surface area contributed by atoms with Gasteiger partial charge in [-0.1, -0.05) is 49.4 Å². The van der Waals surface area contributed by atoms with Gasteiger partial charge in [-0.15, -0.1) is 0 Å². The summed E-state index contributed by atoms with van der Waals surface area (Å²) in [5.74, 6) is -0.131. The van der Waals surface area contributed by atoms with Gasteiger partial charge < -0.3 is 20.1 Å². The molecule has 0 aliphatic heterocycles. The van der Waals surface area contributed by atoms with Crippen LogP contribution in [0.3, 0.4) is 0 Å². The van der Waals surface area contributed by atoms with Crippen molar-refractivity contribution in [2.45, 2.75) is 32.9 Å². The number of carbonyl (C=O) groups is 2. The van der Waals surface area contributed by atoms with Crippen molar-refractivity contribution >= 4 is 12.0 Å². The van der Waals surface area contributed by atoms with E-state index in [1.807, 2.05) is 54.6 Å². The van der Waals surface area contributed by atoms with Crippen molar-refractivity contribution in [3.63, 3.8) is 0 Å². The van der Waals surface area contributed by atoms with Gasteiger partial charge in [0.25, 0.3) is 0 Å². The van der Waals surface area contributed by atoms with Crippen molar-refractivity contribution in [2.75, 3.05) is 13.2 Å². The summed E-state index contributed by atoms with van der Waals surface area (Å²) in [5.41, 5.74) is 1.98.